The minimum atomic E-state index is 0.242. The molecule has 1 saturated heterocycles. The summed E-state index contributed by atoms with van der Waals surface area (Å²) < 4.78 is 13.0. The molecule has 1 aliphatic rings. The molecule has 3 rings (SSSR count). The van der Waals surface area contributed by atoms with Crippen LogP contribution in [-0.4, -0.2) is 27.7 Å². The Labute approximate surface area is 132 Å². The molecule has 0 N–H and O–H groups in total. The van der Waals surface area contributed by atoms with Crippen molar-refractivity contribution >= 4 is 23.2 Å². The van der Waals surface area contributed by atoms with E-state index in [4.69, 9.17) is 32.7 Å². The number of halogens is 2. The lowest BCUT2D eigenvalue weighted by atomic mass is 10.2. The number of hydrogen-bond acceptors (Lipinski definition) is 4. The molecule has 1 atom stereocenters. The predicted octanol–water partition coefficient (Wildman–Crippen LogP) is 3.34. The maximum absolute atomic E-state index is 6.05. The minimum Gasteiger partial charge on any atom is -0.486 e. The summed E-state index contributed by atoms with van der Waals surface area (Å²) in [7, 11) is 0. The van der Waals surface area contributed by atoms with Crippen LogP contribution in [0.25, 0.3) is 0 Å². The minimum absolute atomic E-state index is 0.242. The van der Waals surface area contributed by atoms with Crippen molar-refractivity contribution in [1.29, 1.82) is 0 Å². The van der Waals surface area contributed by atoms with Crippen molar-refractivity contribution < 1.29 is 9.47 Å². The van der Waals surface area contributed by atoms with Crippen LogP contribution in [0.1, 0.15) is 18.5 Å². The molecular formula is C14H15Cl2N3O2. The van der Waals surface area contributed by atoms with Crippen LogP contribution >= 0.6 is 23.2 Å². The van der Waals surface area contributed by atoms with Crippen LogP contribution in [0.5, 0.6) is 5.75 Å². The van der Waals surface area contributed by atoms with E-state index < -0.39 is 0 Å². The second-order valence-electron chi connectivity index (χ2n) is 4.93. The van der Waals surface area contributed by atoms with E-state index in [0.717, 1.165) is 31.7 Å². The Morgan fingerprint density at radius 1 is 1.38 bits per heavy atom. The standard InChI is InChI=1S/C14H15Cl2N3O2/c15-10-3-4-14(13(16)6-10)21-9-11-7-19(18-17-11)8-12-2-1-5-20-12/h3-4,6-7,12H,1-2,5,8-9H2. The highest BCUT2D eigenvalue weighted by atomic mass is 35.5. The van der Waals surface area contributed by atoms with Crippen LogP contribution in [0.3, 0.4) is 0 Å². The van der Waals surface area contributed by atoms with Gasteiger partial charge in [-0.1, -0.05) is 28.4 Å². The van der Waals surface area contributed by atoms with Gasteiger partial charge >= 0.3 is 0 Å². The maximum Gasteiger partial charge on any atom is 0.138 e. The summed E-state index contributed by atoms with van der Waals surface area (Å²) in [6.45, 7) is 1.88. The molecule has 0 amide bonds. The molecule has 2 aromatic rings. The van der Waals surface area contributed by atoms with Gasteiger partial charge in [0.15, 0.2) is 0 Å². The van der Waals surface area contributed by atoms with E-state index in [1.165, 1.54) is 0 Å². The average Bonchev–Trinajstić information content (AvgIpc) is 3.10. The molecular weight excluding hydrogens is 313 g/mol. The molecule has 5 nitrogen and oxygen atoms in total. The zero-order valence-electron chi connectivity index (χ0n) is 11.3. The first-order valence-corrected chi connectivity index (χ1v) is 7.55. The van der Waals surface area contributed by atoms with E-state index in [1.807, 2.05) is 6.20 Å². The monoisotopic (exact) mass is 327 g/mol. The van der Waals surface area contributed by atoms with Crippen molar-refractivity contribution in [3.63, 3.8) is 0 Å². The summed E-state index contributed by atoms with van der Waals surface area (Å²) >= 11 is 11.9. The van der Waals surface area contributed by atoms with Crippen molar-refractivity contribution in [2.45, 2.75) is 32.1 Å². The van der Waals surface area contributed by atoms with Gasteiger partial charge in [-0.15, -0.1) is 5.10 Å². The fourth-order valence-electron chi connectivity index (χ4n) is 2.23. The van der Waals surface area contributed by atoms with Crippen LogP contribution in [0.2, 0.25) is 10.0 Å². The van der Waals surface area contributed by atoms with Gasteiger partial charge < -0.3 is 9.47 Å². The van der Waals surface area contributed by atoms with Crippen molar-refractivity contribution in [1.82, 2.24) is 15.0 Å². The first-order valence-electron chi connectivity index (χ1n) is 6.79. The van der Waals surface area contributed by atoms with Crippen molar-refractivity contribution in [3.05, 3.63) is 40.1 Å². The Kier molecular flexibility index (Phi) is 4.63. The van der Waals surface area contributed by atoms with E-state index >= 15 is 0 Å². The van der Waals surface area contributed by atoms with Crippen LogP contribution in [0.15, 0.2) is 24.4 Å². The number of rotatable bonds is 5. The van der Waals surface area contributed by atoms with Crippen LogP contribution < -0.4 is 4.74 Å². The highest BCUT2D eigenvalue weighted by Crippen LogP contribution is 2.28. The Balaban J connectivity index is 1.56. The molecule has 0 spiro atoms. The molecule has 1 aliphatic heterocycles. The average molecular weight is 328 g/mol. The molecule has 1 fully saturated rings. The molecule has 1 unspecified atom stereocenters. The van der Waals surface area contributed by atoms with Gasteiger partial charge in [-0.2, -0.15) is 0 Å². The van der Waals surface area contributed by atoms with Crippen LogP contribution in [0.4, 0.5) is 0 Å². The summed E-state index contributed by atoms with van der Waals surface area (Å²) in [6.07, 6.45) is 4.30. The Hall–Kier alpha value is -1.30. The molecule has 1 aromatic carbocycles. The van der Waals surface area contributed by atoms with Gasteiger partial charge in [0.1, 0.15) is 18.1 Å². The first-order chi connectivity index (χ1) is 10.2. The van der Waals surface area contributed by atoms with Gasteiger partial charge in [0.25, 0.3) is 0 Å². The lowest BCUT2D eigenvalue weighted by Crippen LogP contribution is -2.15. The Morgan fingerprint density at radius 3 is 3.05 bits per heavy atom. The number of hydrogen-bond donors (Lipinski definition) is 0. The third-order valence-electron chi connectivity index (χ3n) is 3.27. The van der Waals surface area contributed by atoms with E-state index in [9.17, 15) is 0 Å². The quantitative estimate of drug-likeness (QED) is 0.845. The molecule has 0 bridgehead atoms. The van der Waals surface area contributed by atoms with E-state index in [0.29, 0.717) is 22.4 Å². The Bertz CT molecular complexity index is 612. The second-order valence-corrected chi connectivity index (χ2v) is 5.77. The van der Waals surface area contributed by atoms with Gasteiger partial charge in [0.05, 0.1) is 23.9 Å². The number of ether oxygens (including phenoxy) is 2. The highest BCUT2D eigenvalue weighted by Gasteiger charge is 2.16. The zero-order valence-corrected chi connectivity index (χ0v) is 12.8. The van der Waals surface area contributed by atoms with Gasteiger partial charge in [-0.3, -0.25) is 0 Å². The van der Waals surface area contributed by atoms with Gasteiger partial charge in [-0.25, -0.2) is 4.68 Å². The smallest absolute Gasteiger partial charge is 0.138 e. The number of aromatic nitrogens is 3. The third kappa shape index (κ3) is 3.87. The summed E-state index contributed by atoms with van der Waals surface area (Å²) in [5, 5.41) is 9.22. The first kappa shape index (κ1) is 14.6. The zero-order chi connectivity index (χ0) is 14.7. The summed E-state index contributed by atoms with van der Waals surface area (Å²) in [4.78, 5) is 0. The summed E-state index contributed by atoms with van der Waals surface area (Å²) in [5.41, 5.74) is 0.749. The van der Waals surface area contributed by atoms with E-state index in [1.54, 1.807) is 22.9 Å². The SMILES string of the molecule is Clc1ccc(OCc2cn(CC3CCCO3)nn2)c(Cl)c1. The van der Waals surface area contributed by atoms with Gasteiger partial charge in [-0.05, 0) is 31.0 Å². The molecule has 7 heteroatoms. The topological polar surface area (TPSA) is 49.2 Å². The molecule has 2 heterocycles. The Morgan fingerprint density at radius 2 is 2.29 bits per heavy atom. The fourth-order valence-corrected chi connectivity index (χ4v) is 2.70. The lowest BCUT2D eigenvalue weighted by Gasteiger charge is -2.08. The lowest BCUT2D eigenvalue weighted by molar-refractivity contribution is 0.0935. The highest BCUT2D eigenvalue weighted by molar-refractivity contribution is 6.35. The molecule has 1 aromatic heterocycles. The molecule has 0 aliphatic carbocycles. The van der Waals surface area contributed by atoms with Crippen molar-refractivity contribution in [3.8, 4) is 5.75 Å². The third-order valence-corrected chi connectivity index (χ3v) is 3.80. The molecule has 21 heavy (non-hydrogen) atoms. The largest absolute Gasteiger partial charge is 0.486 e. The van der Waals surface area contributed by atoms with Crippen LogP contribution in [-0.2, 0) is 17.9 Å². The van der Waals surface area contributed by atoms with Gasteiger partial charge in [0, 0.05) is 11.6 Å². The number of benzene rings is 1. The predicted molar refractivity (Wildman–Crippen MR) is 79.8 cm³/mol. The van der Waals surface area contributed by atoms with Gasteiger partial charge in [0.2, 0.25) is 0 Å². The van der Waals surface area contributed by atoms with Crippen molar-refractivity contribution in [2.75, 3.05) is 6.61 Å². The fraction of sp³-hybridized carbons (Fsp3) is 0.429. The van der Waals surface area contributed by atoms with Crippen LogP contribution in [0, 0.1) is 0 Å². The van der Waals surface area contributed by atoms with E-state index in [2.05, 4.69) is 10.3 Å². The summed E-state index contributed by atoms with van der Waals surface area (Å²) in [6, 6.07) is 5.12. The maximum atomic E-state index is 6.05. The summed E-state index contributed by atoms with van der Waals surface area (Å²) in [5.74, 6) is 0.578. The number of nitrogens with zero attached hydrogens (tertiary/aromatic N) is 3. The normalized spacial score (nSPS) is 18.1. The molecule has 112 valence electrons. The van der Waals surface area contributed by atoms with Crippen molar-refractivity contribution in [2.24, 2.45) is 0 Å². The second kappa shape index (κ2) is 6.64. The van der Waals surface area contributed by atoms with E-state index in [-0.39, 0.29) is 6.10 Å². The molecule has 0 saturated carbocycles. The molecule has 0 radical (unpaired) electrons.